The second-order valence-electron chi connectivity index (χ2n) is 5.41. The number of rotatable bonds is 4. The second kappa shape index (κ2) is 6.01. The Morgan fingerprint density at radius 1 is 1.35 bits per heavy atom. The quantitative estimate of drug-likeness (QED) is 0.828. The molecule has 0 saturated heterocycles. The lowest BCUT2D eigenvalue weighted by Gasteiger charge is -2.32. The molecular formula is C15H25NS. The van der Waals surface area contributed by atoms with E-state index >= 15 is 0 Å². The Balaban J connectivity index is 1.93. The summed E-state index contributed by atoms with van der Waals surface area (Å²) in [7, 11) is 0. The lowest BCUT2D eigenvalue weighted by atomic mass is 9.85. The molecular weight excluding hydrogens is 226 g/mol. The highest BCUT2D eigenvalue weighted by Crippen LogP contribution is 2.28. The van der Waals surface area contributed by atoms with Gasteiger partial charge in [0.25, 0.3) is 0 Å². The van der Waals surface area contributed by atoms with Gasteiger partial charge >= 0.3 is 0 Å². The molecule has 0 amide bonds. The Kier molecular flexibility index (Phi) is 4.63. The van der Waals surface area contributed by atoms with Crippen LogP contribution in [0, 0.1) is 5.92 Å². The molecule has 1 nitrogen and oxygen atoms in total. The molecule has 2 rings (SSSR count). The molecule has 17 heavy (non-hydrogen) atoms. The molecule has 3 atom stereocenters. The molecule has 0 bridgehead atoms. The predicted molar refractivity (Wildman–Crippen MR) is 76.7 cm³/mol. The molecule has 0 radical (unpaired) electrons. The summed E-state index contributed by atoms with van der Waals surface area (Å²) in [5, 5.41) is 3.83. The SMILES string of the molecule is CCc1ccc(C(C)NC2CCCCC2C)s1. The summed E-state index contributed by atoms with van der Waals surface area (Å²) in [6, 6.07) is 5.83. The maximum Gasteiger partial charge on any atom is 0.0388 e. The van der Waals surface area contributed by atoms with Gasteiger partial charge in [0.1, 0.15) is 0 Å². The molecule has 96 valence electrons. The van der Waals surface area contributed by atoms with E-state index in [1.807, 2.05) is 11.3 Å². The molecule has 1 saturated carbocycles. The van der Waals surface area contributed by atoms with Crippen molar-refractivity contribution in [3.05, 3.63) is 21.9 Å². The van der Waals surface area contributed by atoms with Crippen molar-refractivity contribution in [2.24, 2.45) is 5.92 Å². The average molecular weight is 251 g/mol. The number of hydrogen-bond acceptors (Lipinski definition) is 2. The Hall–Kier alpha value is -0.340. The zero-order valence-electron chi connectivity index (χ0n) is 11.3. The maximum absolute atomic E-state index is 3.83. The minimum absolute atomic E-state index is 0.519. The van der Waals surface area contributed by atoms with E-state index < -0.39 is 0 Å². The highest BCUT2D eigenvalue weighted by atomic mass is 32.1. The fourth-order valence-corrected chi connectivity index (χ4v) is 3.75. The summed E-state index contributed by atoms with van der Waals surface area (Å²) in [5.41, 5.74) is 0. The van der Waals surface area contributed by atoms with Gasteiger partial charge < -0.3 is 5.32 Å². The van der Waals surface area contributed by atoms with Gasteiger partial charge in [0.05, 0.1) is 0 Å². The van der Waals surface area contributed by atoms with Crippen LogP contribution >= 0.6 is 11.3 Å². The topological polar surface area (TPSA) is 12.0 Å². The third-order valence-electron chi connectivity index (χ3n) is 4.03. The van der Waals surface area contributed by atoms with Crippen LogP contribution in [0.25, 0.3) is 0 Å². The molecule has 1 aliphatic carbocycles. The zero-order chi connectivity index (χ0) is 12.3. The molecule has 1 aromatic rings. The van der Waals surface area contributed by atoms with Crippen LogP contribution in [0.1, 0.15) is 62.3 Å². The molecule has 0 spiro atoms. The smallest absolute Gasteiger partial charge is 0.0388 e. The summed E-state index contributed by atoms with van der Waals surface area (Å²) in [4.78, 5) is 3.00. The fourth-order valence-electron chi connectivity index (χ4n) is 2.78. The van der Waals surface area contributed by atoms with Gasteiger partial charge in [-0.25, -0.2) is 0 Å². The molecule has 3 unspecified atom stereocenters. The highest BCUT2D eigenvalue weighted by Gasteiger charge is 2.23. The third kappa shape index (κ3) is 3.32. The Bertz CT molecular complexity index is 344. The van der Waals surface area contributed by atoms with Crippen molar-refractivity contribution in [1.82, 2.24) is 5.32 Å². The minimum atomic E-state index is 0.519. The van der Waals surface area contributed by atoms with E-state index in [4.69, 9.17) is 0 Å². The lowest BCUT2D eigenvalue weighted by Crippen LogP contribution is -2.38. The van der Waals surface area contributed by atoms with E-state index in [1.165, 1.54) is 35.4 Å². The van der Waals surface area contributed by atoms with Gasteiger partial charge in [0, 0.05) is 21.8 Å². The molecule has 1 heterocycles. The largest absolute Gasteiger partial charge is 0.306 e. The molecule has 1 N–H and O–H groups in total. The number of thiophene rings is 1. The average Bonchev–Trinajstić information content (AvgIpc) is 2.81. The van der Waals surface area contributed by atoms with Crippen molar-refractivity contribution >= 4 is 11.3 Å². The van der Waals surface area contributed by atoms with Crippen LogP contribution in [-0.2, 0) is 6.42 Å². The Morgan fingerprint density at radius 2 is 2.12 bits per heavy atom. The van der Waals surface area contributed by atoms with Crippen LogP contribution in [0.2, 0.25) is 0 Å². The molecule has 2 heteroatoms. The summed E-state index contributed by atoms with van der Waals surface area (Å²) >= 11 is 1.97. The van der Waals surface area contributed by atoms with Crippen molar-refractivity contribution < 1.29 is 0 Å². The van der Waals surface area contributed by atoms with Crippen molar-refractivity contribution in [1.29, 1.82) is 0 Å². The second-order valence-corrected chi connectivity index (χ2v) is 6.61. The molecule has 1 aliphatic rings. The first-order valence-electron chi connectivity index (χ1n) is 7.05. The minimum Gasteiger partial charge on any atom is -0.306 e. The van der Waals surface area contributed by atoms with Crippen molar-refractivity contribution in [2.75, 3.05) is 0 Å². The standard InChI is InChI=1S/C15H25NS/c1-4-13-9-10-15(17-13)12(3)16-14-8-6-5-7-11(14)2/h9-12,14,16H,4-8H2,1-3H3. The fraction of sp³-hybridized carbons (Fsp3) is 0.733. The van der Waals surface area contributed by atoms with Crippen LogP contribution in [0.4, 0.5) is 0 Å². The normalized spacial score (nSPS) is 27.0. The first-order chi connectivity index (χ1) is 8.20. The van der Waals surface area contributed by atoms with Crippen molar-refractivity contribution in [2.45, 2.75) is 65.0 Å². The van der Waals surface area contributed by atoms with E-state index in [0.717, 1.165) is 18.4 Å². The predicted octanol–water partition coefficient (Wildman–Crippen LogP) is 4.54. The molecule has 1 fully saturated rings. The number of hydrogen-bond donors (Lipinski definition) is 1. The summed E-state index contributed by atoms with van der Waals surface area (Å²) in [5.74, 6) is 0.844. The van der Waals surface area contributed by atoms with Gasteiger partial charge in [-0.05, 0) is 44.2 Å². The number of nitrogens with one attached hydrogen (secondary N) is 1. The first-order valence-corrected chi connectivity index (χ1v) is 7.87. The van der Waals surface area contributed by atoms with Crippen LogP contribution in [0.5, 0.6) is 0 Å². The summed E-state index contributed by atoms with van der Waals surface area (Å²) in [6.45, 7) is 6.94. The monoisotopic (exact) mass is 251 g/mol. The van der Waals surface area contributed by atoms with Crippen molar-refractivity contribution in [3.8, 4) is 0 Å². The van der Waals surface area contributed by atoms with Crippen LogP contribution in [0.15, 0.2) is 12.1 Å². The van der Waals surface area contributed by atoms with E-state index in [2.05, 4.69) is 38.2 Å². The Morgan fingerprint density at radius 3 is 2.76 bits per heavy atom. The first kappa shape index (κ1) is 13.1. The van der Waals surface area contributed by atoms with Crippen LogP contribution in [-0.4, -0.2) is 6.04 Å². The number of aryl methyl sites for hydroxylation is 1. The van der Waals surface area contributed by atoms with Crippen molar-refractivity contribution in [3.63, 3.8) is 0 Å². The summed E-state index contributed by atoms with van der Waals surface area (Å²) in [6.07, 6.45) is 6.75. The van der Waals surface area contributed by atoms with Gasteiger partial charge in [-0.15, -0.1) is 11.3 Å². The van der Waals surface area contributed by atoms with E-state index in [1.54, 1.807) is 0 Å². The maximum atomic E-state index is 3.83. The van der Waals surface area contributed by atoms with Crippen LogP contribution in [0.3, 0.4) is 0 Å². The Labute approximate surface area is 110 Å². The van der Waals surface area contributed by atoms with E-state index in [-0.39, 0.29) is 0 Å². The lowest BCUT2D eigenvalue weighted by molar-refractivity contribution is 0.264. The van der Waals surface area contributed by atoms with Crippen LogP contribution < -0.4 is 5.32 Å². The van der Waals surface area contributed by atoms with E-state index in [9.17, 15) is 0 Å². The van der Waals surface area contributed by atoms with Gasteiger partial charge in [0.2, 0.25) is 0 Å². The van der Waals surface area contributed by atoms with E-state index in [0.29, 0.717) is 6.04 Å². The highest BCUT2D eigenvalue weighted by molar-refractivity contribution is 7.12. The van der Waals surface area contributed by atoms with Gasteiger partial charge in [-0.1, -0.05) is 26.7 Å². The molecule has 0 aliphatic heterocycles. The van der Waals surface area contributed by atoms with Gasteiger partial charge in [-0.3, -0.25) is 0 Å². The zero-order valence-corrected chi connectivity index (χ0v) is 12.1. The van der Waals surface area contributed by atoms with Gasteiger partial charge in [0.15, 0.2) is 0 Å². The van der Waals surface area contributed by atoms with Gasteiger partial charge in [-0.2, -0.15) is 0 Å². The third-order valence-corrected chi connectivity index (χ3v) is 5.45. The molecule has 0 aromatic carbocycles. The summed E-state index contributed by atoms with van der Waals surface area (Å²) < 4.78 is 0. The molecule has 1 aromatic heterocycles.